The minimum Gasteiger partial charge on any atom is -0.478 e. The molecule has 1 N–H and O–H groups in total. The molecule has 0 aliphatic heterocycles. The van der Waals surface area contributed by atoms with Crippen LogP contribution in [0.5, 0.6) is 0 Å². The van der Waals surface area contributed by atoms with Crippen molar-refractivity contribution in [2.45, 2.75) is 18.4 Å². The zero-order valence-corrected chi connectivity index (χ0v) is 11.7. The highest BCUT2D eigenvalue weighted by molar-refractivity contribution is 7.89. The molecule has 0 saturated heterocycles. The highest BCUT2D eigenvalue weighted by atomic mass is 32.2. The third kappa shape index (κ3) is 3.71. The van der Waals surface area contributed by atoms with Crippen LogP contribution in [-0.2, 0) is 21.3 Å². The number of rotatable bonds is 5. The first kappa shape index (κ1) is 14.3. The van der Waals surface area contributed by atoms with Crippen molar-refractivity contribution in [3.63, 3.8) is 0 Å². The Morgan fingerprint density at radius 2 is 2.00 bits per heavy atom. The molecule has 0 radical (unpaired) electrons. The van der Waals surface area contributed by atoms with Crippen molar-refractivity contribution < 1.29 is 22.7 Å². The summed E-state index contributed by atoms with van der Waals surface area (Å²) in [7, 11) is -3.40. The summed E-state index contributed by atoms with van der Waals surface area (Å²) in [6, 6.07) is 8.48. The normalized spacial score (nSPS) is 11.4. The van der Waals surface area contributed by atoms with Crippen LogP contribution in [0.3, 0.4) is 0 Å². The molecule has 5 nitrogen and oxygen atoms in total. The van der Waals surface area contributed by atoms with E-state index in [1.807, 2.05) is 19.1 Å². The van der Waals surface area contributed by atoms with E-state index in [0.29, 0.717) is 5.56 Å². The standard InChI is InChI=1S/C14H14O5S/c1-10-3-2-4-11(5-10)8-20(17,18)9-13-6-12(7-19-13)14(15)16/h2-7H,8-9H2,1H3,(H,15,16). The molecule has 0 amide bonds. The van der Waals surface area contributed by atoms with E-state index in [1.165, 1.54) is 6.07 Å². The van der Waals surface area contributed by atoms with Gasteiger partial charge < -0.3 is 9.52 Å². The van der Waals surface area contributed by atoms with E-state index in [2.05, 4.69) is 0 Å². The maximum Gasteiger partial charge on any atom is 0.338 e. The van der Waals surface area contributed by atoms with Crippen molar-refractivity contribution in [2.24, 2.45) is 0 Å². The maximum atomic E-state index is 12.1. The fraction of sp³-hybridized carbons (Fsp3) is 0.214. The number of aromatic carboxylic acids is 1. The smallest absolute Gasteiger partial charge is 0.338 e. The largest absolute Gasteiger partial charge is 0.478 e. The number of aryl methyl sites for hydroxylation is 1. The van der Waals surface area contributed by atoms with Gasteiger partial charge in [-0.05, 0) is 18.6 Å². The molecule has 0 spiro atoms. The van der Waals surface area contributed by atoms with Crippen LogP contribution in [-0.4, -0.2) is 19.5 Å². The summed E-state index contributed by atoms with van der Waals surface area (Å²) in [5, 5.41) is 8.75. The van der Waals surface area contributed by atoms with Gasteiger partial charge in [0.1, 0.15) is 17.8 Å². The quantitative estimate of drug-likeness (QED) is 0.915. The molecule has 1 heterocycles. The number of benzene rings is 1. The van der Waals surface area contributed by atoms with E-state index in [-0.39, 0.29) is 22.8 Å². The van der Waals surface area contributed by atoms with Gasteiger partial charge in [-0.25, -0.2) is 13.2 Å². The van der Waals surface area contributed by atoms with Crippen LogP contribution < -0.4 is 0 Å². The lowest BCUT2D eigenvalue weighted by Crippen LogP contribution is -2.07. The molecule has 0 atom stereocenters. The number of furan rings is 1. The van der Waals surface area contributed by atoms with Gasteiger partial charge >= 0.3 is 5.97 Å². The Morgan fingerprint density at radius 3 is 2.60 bits per heavy atom. The van der Waals surface area contributed by atoms with Crippen LogP contribution in [0, 0.1) is 6.92 Å². The van der Waals surface area contributed by atoms with Crippen molar-refractivity contribution in [2.75, 3.05) is 0 Å². The molecule has 0 saturated carbocycles. The highest BCUT2D eigenvalue weighted by Gasteiger charge is 2.17. The van der Waals surface area contributed by atoms with Crippen LogP contribution in [0.4, 0.5) is 0 Å². The molecule has 0 bridgehead atoms. The topological polar surface area (TPSA) is 84.6 Å². The second-order valence-corrected chi connectivity index (χ2v) is 6.69. The van der Waals surface area contributed by atoms with Gasteiger partial charge in [-0.1, -0.05) is 29.8 Å². The third-order valence-corrected chi connectivity index (χ3v) is 4.23. The first-order chi connectivity index (χ1) is 9.35. The molecule has 2 aromatic rings. The number of hydrogen-bond donors (Lipinski definition) is 1. The van der Waals surface area contributed by atoms with Crippen LogP contribution in [0.2, 0.25) is 0 Å². The van der Waals surface area contributed by atoms with E-state index >= 15 is 0 Å². The minimum absolute atomic E-state index is 0.0502. The number of carboxylic acids is 1. The van der Waals surface area contributed by atoms with Gasteiger partial charge in [-0.3, -0.25) is 0 Å². The van der Waals surface area contributed by atoms with Gasteiger partial charge in [0.2, 0.25) is 0 Å². The summed E-state index contributed by atoms with van der Waals surface area (Å²) in [6.45, 7) is 1.89. The first-order valence-corrected chi connectivity index (χ1v) is 7.74. The Kier molecular flexibility index (Phi) is 3.94. The van der Waals surface area contributed by atoms with Crippen molar-refractivity contribution in [3.05, 3.63) is 59.0 Å². The van der Waals surface area contributed by atoms with Gasteiger partial charge in [-0.2, -0.15) is 0 Å². The molecule has 0 unspecified atom stereocenters. The Morgan fingerprint density at radius 1 is 1.25 bits per heavy atom. The molecule has 6 heteroatoms. The molecule has 2 rings (SSSR count). The second-order valence-electron chi connectivity index (χ2n) is 4.63. The molecule has 0 aliphatic carbocycles. The predicted octanol–water partition coefficient (Wildman–Crippen LogP) is 2.40. The Bertz CT molecular complexity index is 728. The van der Waals surface area contributed by atoms with E-state index < -0.39 is 15.8 Å². The summed E-state index contributed by atoms with van der Waals surface area (Å²) in [4.78, 5) is 10.7. The van der Waals surface area contributed by atoms with Gasteiger partial charge in [-0.15, -0.1) is 0 Å². The SMILES string of the molecule is Cc1cccc(CS(=O)(=O)Cc2cc(C(=O)O)co2)c1. The summed E-state index contributed by atoms with van der Waals surface area (Å²) >= 11 is 0. The Labute approximate surface area is 116 Å². The number of carboxylic acid groups (broad SMARTS) is 1. The maximum absolute atomic E-state index is 12.1. The van der Waals surface area contributed by atoms with Crippen LogP contribution in [0.15, 0.2) is 41.0 Å². The fourth-order valence-corrected chi connectivity index (χ4v) is 3.27. The third-order valence-electron chi connectivity index (χ3n) is 2.73. The van der Waals surface area contributed by atoms with Crippen molar-refractivity contribution in [1.82, 2.24) is 0 Å². The molecule has 20 heavy (non-hydrogen) atoms. The minimum atomic E-state index is -3.40. The summed E-state index contributed by atoms with van der Waals surface area (Å²) in [5.74, 6) is -1.42. The average Bonchev–Trinajstić information content (AvgIpc) is 2.75. The lowest BCUT2D eigenvalue weighted by molar-refractivity contribution is 0.0696. The first-order valence-electron chi connectivity index (χ1n) is 5.92. The summed E-state index contributed by atoms with van der Waals surface area (Å²) in [6.07, 6.45) is 1.04. The van der Waals surface area contributed by atoms with Crippen LogP contribution in [0.1, 0.15) is 27.2 Å². The fourth-order valence-electron chi connectivity index (χ4n) is 1.89. The molecular formula is C14H14O5S. The Balaban J connectivity index is 2.12. The summed E-state index contributed by atoms with van der Waals surface area (Å²) < 4.78 is 29.1. The van der Waals surface area contributed by atoms with E-state index in [1.54, 1.807) is 12.1 Å². The molecule has 106 valence electrons. The van der Waals surface area contributed by atoms with Crippen LogP contribution >= 0.6 is 0 Å². The molecule has 0 aliphatic rings. The number of hydrogen-bond acceptors (Lipinski definition) is 4. The van der Waals surface area contributed by atoms with Gasteiger partial charge in [0.05, 0.1) is 11.3 Å². The molecule has 1 aromatic carbocycles. The number of carbonyl (C=O) groups is 1. The lowest BCUT2D eigenvalue weighted by Gasteiger charge is -2.03. The lowest BCUT2D eigenvalue weighted by atomic mass is 10.2. The van der Waals surface area contributed by atoms with Crippen LogP contribution in [0.25, 0.3) is 0 Å². The highest BCUT2D eigenvalue weighted by Crippen LogP contribution is 2.16. The van der Waals surface area contributed by atoms with Gasteiger partial charge in [0.25, 0.3) is 0 Å². The predicted molar refractivity (Wildman–Crippen MR) is 73.2 cm³/mol. The molecule has 0 fully saturated rings. The Hall–Kier alpha value is -2.08. The average molecular weight is 294 g/mol. The van der Waals surface area contributed by atoms with E-state index in [0.717, 1.165) is 11.8 Å². The zero-order chi connectivity index (χ0) is 14.8. The van der Waals surface area contributed by atoms with Crippen molar-refractivity contribution in [1.29, 1.82) is 0 Å². The van der Waals surface area contributed by atoms with Gasteiger partial charge in [0, 0.05) is 0 Å². The number of sulfone groups is 1. The molecule has 1 aromatic heterocycles. The van der Waals surface area contributed by atoms with Crippen molar-refractivity contribution in [3.8, 4) is 0 Å². The van der Waals surface area contributed by atoms with Gasteiger partial charge in [0.15, 0.2) is 9.84 Å². The van der Waals surface area contributed by atoms with E-state index in [4.69, 9.17) is 9.52 Å². The summed E-state index contributed by atoms with van der Waals surface area (Å²) in [5.41, 5.74) is 1.64. The second kappa shape index (κ2) is 5.50. The zero-order valence-electron chi connectivity index (χ0n) is 10.9. The monoisotopic (exact) mass is 294 g/mol. The van der Waals surface area contributed by atoms with Crippen molar-refractivity contribution >= 4 is 15.8 Å². The molecular weight excluding hydrogens is 280 g/mol. The van der Waals surface area contributed by atoms with E-state index in [9.17, 15) is 13.2 Å².